The maximum atomic E-state index is 12.8. The Morgan fingerprint density at radius 2 is 1.95 bits per heavy atom. The summed E-state index contributed by atoms with van der Waals surface area (Å²) in [4.78, 5) is 36.3. The quantitative estimate of drug-likeness (QED) is 0.863. The van der Waals surface area contributed by atoms with E-state index in [-0.39, 0.29) is 24.3 Å². The van der Waals surface area contributed by atoms with Crippen LogP contribution in [0.1, 0.15) is 18.5 Å². The van der Waals surface area contributed by atoms with E-state index in [0.29, 0.717) is 0 Å². The molecule has 2 rings (SSSR count). The highest BCUT2D eigenvalue weighted by molar-refractivity contribution is 5.76. The van der Waals surface area contributed by atoms with Crippen LogP contribution in [0.25, 0.3) is 0 Å². The van der Waals surface area contributed by atoms with Gasteiger partial charge in [0.05, 0.1) is 6.04 Å². The number of amides is 1. The van der Waals surface area contributed by atoms with Gasteiger partial charge >= 0.3 is 5.69 Å². The molecule has 0 aliphatic carbocycles. The van der Waals surface area contributed by atoms with Gasteiger partial charge in [0.15, 0.2) is 0 Å². The molecule has 21 heavy (non-hydrogen) atoms. The van der Waals surface area contributed by atoms with Crippen LogP contribution in [0.5, 0.6) is 0 Å². The van der Waals surface area contributed by atoms with E-state index in [1.54, 1.807) is 19.1 Å². The van der Waals surface area contributed by atoms with E-state index >= 15 is 0 Å². The zero-order chi connectivity index (χ0) is 15.4. The van der Waals surface area contributed by atoms with Gasteiger partial charge in [0.1, 0.15) is 12.4 Å². The number of nitrogens with one attached hydrogen (secondary N) is 2. The Bertz CT molecular complexity index is 749. The lowest BCUT2D eigenvalue weighted by Gasteiger charge is -2.14. The van der Waals surface area contributed by atoms with Gasteiger partial charge in [0.25, 0.3) is 5.56 Å². The number of aromatic amines is 1. The fraction of sp³-hybridized carbons (Fsp3) is 0.214. The number of aromatic nitrogens is 2. The van der Waals surface area contributed by atoms with Crippen molar-refractivity contribution < 1.29 is 9.18 Å². The normalized spacial score (nSPS) is 11.9. The first-order chi connectivity index (χ1) is 9.95. The number of hydrogen-bond donors (Lipinski definition) is 2. The monoisotopic (exact) mass is 291 g/mol. The third kappa shape index (κ3) is 3.88. The van der Waals surface area contributed by atoms with Crippen molar-refractivity contribution in [3.05, 3.63) is 68.7 Å². The Labute approximate surface area is 119 Å². The molecule has 1 amide bonds. The molecule has 0 aliphatic rings. The minimum atomic E-state index is -0.646. The second-order valence-corrected chi connectivity index (χ2v) is 4.58. The summed E-state index contributed by atoms with van der Waals surface area (Å²) in [5.74, 6) is -0.738. The molecule has 7 heteroatoms. The summed E-state index contributed by atoms with van der Waals surface area (Å²) in [6.45, 7) is 1.54. The van der Waals surface area contributed by atoms with Crippen LogP contribution in [-0.4, -0.2) is 15.5 Å². The van der Waals surface area contributed by atoms with Crippen LogP contribution in [0.2, 0.25) is 0 Å². The standard InChI is InChI=1S/C14H14FN3O3/c1-9(10-2-4-11(15)5-3-10)16-13(20)8-18-7-6-12(19)17-14(18)21/h2-7,9H,8H2,1H3,(H,16,20)(H,17,19,21)/t9-/m0/s1. The Kier molecular flexibility index (Phi) is 4.32. The summed E-state index contributed by atoms with van der Waals surface area (Å²) in [7, 11) is 0. The molecule has 2 N–H and O–H groups in total. The average molecular weight is 291 g/mol. The molecule has 1 heterocycles. The Hall–Kier alpha value is -2.70. The second kappa shape index (κ2) is 6.17. The fourth-order valence-corrected chi connectivity index (χ4v) is 1.85. The van der Waals surface area contributed by atoms with Crippen LogP contribution in [0.3, 0.4) is 0 Å². The topological polar surface area (TPSA) is 84.0 Å². The largest absolute Gasteiger partial charge is 0.348 e. The van der Waals surface area contributed by atoms with E-state index in [0.717, 1.165) is 16.2 Å². The Morgan fingerprint density at radius 1 is 1.29 bits per heavy atom. The lowest BCUT2D eigenvalue weighted by atomic mass is 10.1. The number of H-pyrrole nitrogens is 1. The van der Waals surface area contributed by atoms with Crippen LogP contribution < -0.4 is 16.6 Å². The molecule has 0 saturated carbocycles. The number of carbonyl (C=O) groups is 1. The number of nitrogens with zero attached hydrogens (tertiary/aromatic N) is 1. The highest BCUT2D eigenvalue weighted by atomic mass is 19.1. The molecule has 0 bridgehead atoms. The molecular formula is C14H14FN3O3. The number of benzene rings is 1. The van der Waals surface area contributed by atoms with Crippen molar-refractivity contribution in [2.45, 2.75) is 19.5 Å². The Morgan fingerprint density at radius 3 is 2.57 bits per heavy atom. The third-order valence-electron chi connectivity index (χ3n) is 2.96. The molecule has 2 aromatic rings. The van der Waals surface area contributed by atoms with Gasteiger partial charge in [0, 0.05) is 12.3 Å². The van der Waals surface area contributed by atoms with Crippen LogP contribution in [-0.2, 0) is 11.3 Å². The van der Waals surface area contributed by atoms with E-state index in [9.17, 15) is 18.8 Å². The van der Waals surface area contributed by atoms with Crippen molar-refractivity contribution in [1.82, 2.24) is 14.9 Å². The van der Waals surface area contributed by atoms with Crippen LogP contribution >= 0.6 is 0 Å². The first kappa shape index (κ1) is 14.7. The molecule has 0 aliphatic heterocycles. The van der Waals surface area contributed by atoms with Gasteiger partial charge in [-0.1, -0.05) is 12.1 Å². The van der Waals surface area contributed by atoms with Crippen molar-refractivity contribution in [2.24, 2.45) is 0 Å². The number of halogens is 1. The summed E-state index contributed by atoms with van der Waals surface area (Å²) in [6, 6.07) is 6.61. The van der Waals surface area contributed by atoms with Gasteiger partial charge < -0.3 is 5.32 Å². The van der Waals surface area contributed by atoms with Crippen molar-refractivity contribution >= 4 is 5.91 Å². The van der Waals surface area contributed by atoms with Crippen molar-refractivity contribution in [2.75, 3.05) is 0 Å². The number of hydrogen-bond acceptors (Lipinski definition) is 3. The van der Waals surface area contributed by atoms with Crippen LogP contribution in [0, 0.1) is 5.82 Å². The van der Waals surface area contributed by atoms with Gasteiger partial charge in [-0.3, -0.25) is 19.1 Å². The van der Waals surface area contributed by atoms with Crippen molar-refractivity contribution in [1.29, 1.82) is 0 Å². The molecule has 110 valence electrons. The molecule has 1 aromatic heterocycles. The second-order valence-electron chi connectivity index (χ2n) is 4.58. The van der Waals surface area contributed by atoms with Gasteiger partial charge in [-0.2, -0.15) is 0 Å². The number of rotatable bonds is 4. The molecular weight excluding hydrogens is 277 g/mol. The first-order valence-corrected chi connectivity index (χ1v) is 6.30. The predicted octanol–water partition coefficient (Wildman–Crippen LogP) is 0.553. The molecule has 0 fully saturated rings. The summed E-state index contributed by atoms with van der Waals surface area (Å²) in [5, 5.41) is 2.69. The third-order valence-corrected chi connectivity index (χ3v) is 2.96. The zero-order valence-electron chi connectivity index (χ0n) is 11.3. The first-order valence-electron chi connectivity index (χ1n) is 6.30. The molecule has 1 atom stereocenters. The molecule has 6 nitrogen and oxygen atoms in total. The molecule has 0 radical (unpaired) electrons. The molecule has 0 unspecified atom stereocenters. The molecule has 0 saturated heterocycles. The smallest absolute Gasteiger partial charge is 0.328 e. The fourth-order valence-electron chi connectivity index (χ4n) is 1.85. The van der Waals surface area contributed by atoms with E-state index in [1.165, 1.54) is 18.3 Å². The van der Waals surface area contributed by atoms with Gasteiger partial charge in [-0.05, 0) is 24.6 Å². The minimum Gasteiger partial charge on any atom is -0.348 e. The highest BCUT2D eigenvalue weighted by Crippen LogP contribution is 2.12. The van der Waals surface area contributed by atoms with Crippen LogP contribution in [0.15, 0.2) is 46.1 Å². The van der Waals surface area contributed by atoms with Crippen molar-refractivity contribution in [3.63, 3.8) is 0 Å². The Balaban J connectivity index is 2.02. The summed E-state index contributed by atoms with van der Waals surface area (Å²) >= 11 is 0. The maximum Gasteiger partial charge on any atom is 0.328 e. The van der Waals surface area contributed by atoms with E-state index < -0.39 is 11.2 Å². The molecule has 0 spiro atoms. The van der Waals surface area contributed by atoms with Crippen LogP contribution in [0.4, 0.5) is 4.39 Å². The lowest BCUT2D eigenvalue weighted by molar-refractivity contribution is -0.122. The average Bonchev–Trinajstić information content (AvgIpc) is 2.42. The summed E-state index contributed by atoms with van der Waals surface area (Å²) in [6.07, 6.45) is 1.25. The van der Waals surface area contributed by atoms with Gasteiger partial charge in [0.2, 0.25) is 5.91 Å². The zero-order valence-corrected chi connectivity index (χ0v) is 11.3. The van der Waals surface area contributed by atoms with E-state index in [1.807, 2.05) is 0 Å². The number of carbonyl (C=O) groups excluding carboxylic acids is 1. The van der Waals surface area contributed by atoms with Gasteiger partial charge in [-0.25, -0.2) is 9.18 Å². The van der Waals surface area contributed by atoms with E-state index in [2.05, 4.69) is 10.3 Å². The highest BCUT2D eigenvalue weighted by Gasteiger charge is 2.10. The molecule has 1 aromatic carbocycles. The maximum absolute atomic E-state index is 12.8. The van der Waals surface area contributed by atoms with Gasteiger partial charge in [-0.15, -0.1) is 0 Å². The predicted molar refractivity (Wildman–Crippen MR) is 74.3 cm³/mol. The summed E-state index contributed by atoms with van der Waals surface area (Å²) in [5.41, 5.74) is -0.415. The minimum absolute atomic E-state index is 0.207. The lowest BCUT2D eigenvalue weighted by Crippen LogP contribution is -2.36. The summed E-state index contributed by atoms with van der Waals surface area (Å²) < 4.78 is 13.9. The SMILES string of the molecule is C[C@H](NC(=O)Cn1ccc(=O)[nH]c1=O)c1ccc(F)cc1. The van der Waals surface area contributed by atoms with E-state index in [4.69, 9.17) is 0 Å². The van der Waals surface area contributed by atoms with Crippen molar-refractivity contribution in [3.8, 4) is 0 Å².